The van der Waals surface area contributed by atoms with Crippen molar-refractivity contribution in [1.82, 2.24) is 15.2 Å². The lowest BCUT2D eigenvalue weighted by Crippen LogP contribution is -2.11. The lowest BCUT2D eigenvalue weighted by atomic mass is 10.1. The van der Waals surface area contributed by atoms with Crippen LogP contribution in [-0.4, -0.2) is 28.3 Å². The highest BCUT2D eigenvalue weighted by Gasteiger charge is 2.19. The second-order valence-electron chi connectivity index (χ2n) is 5.91. The van der Waals surface area contributed by atoms with Gasteiger partial charge >= 0.3 is 5.97 Å². The van der Waals surface area contributed by atoms with Crippen LogP contribution in [0.5, 0.6) is 5.75 Å². The number of carbonyl (C=O) groups is 1. The van der Waals surface area contributed by atoms with Gasteiger partial charge in [-0.15, -0.1) is 0 Å². The topological polar surface area (TPSA) is 77.1 Å². The molecule has 2 aromatic heterocycles. The number of methoxy groups -OCH3 is 1. The number of nitrogens with one attached hydrogen (secondary N) is 1. The molecule has 6 heteroatoms. The number of ether oxygens (including phenoxy) is 2. The average molecular weight is 351 g/mol. The van der Waals surface area contributed by atoms with Crippen LogP contribution >= 0.6 is 0 Å². The Hall–Kier alpha value is -3.15. The van der Waals surface area contributed by atoms with E-state index in [0.29, 0.717) is 23.5 Å². The summed E-state index contributed by atoms with van der Waals surface area (Å²) in [5, 5.41) is 6.91. The van der Waals surface area contributed by atoms with E-state index in [9.17, 15) is 4.79 Å². The van der Waals surface area contributed by atoms with Crippen molar-refractivity contribution >= 4 is 5.97 Å². The molecule has 3 aromatic rings. The van der Waals surface area contributed by atoms with Gasteiger partial charge in [-0.2, -0.15) is 5.10 Å². The highest BCUT2D eigenvalue weighted by molar-refractivity contribution is 5.88. The minimum Gasteiger partial charge on any atom is -0.497 e. The summed E-state index contributed by atoms with van der Waals surface area (Å²) in [5.41, 5.74) is 3.43. The zero-order chi connectivity index (χ0) is 18.5. The van der Waals surface area contributed by atoms with Crippen LogP contribution in [0.3, 0.4) is 0 Å². The Morgan fingerprint density at radius 2 is 1.92 bits per heavy atom. The summed E-state index contributed by atoms with van der Waals surface area (Å²) in [4.78, 5) is 16.9. The summed E-state index contributed by atoms with van der Waals surface area (Å²) < 4.78 is 10.8. The molecule has 1 N–H and O–H groups in total. The smallest absolute Gasteiger partial charge is 0.356 e. The third-order valence-corrected chi connectivity index (χ3v) is 4.06. The fourth-order valence-corrected chi connectivity index (χ4v) is 2.64. The molecular formula is C20H21N3O3. The van der Waals surface area contributed by atoms with Crippen LogP contribution in [0.15, 0.2) is 48.5 Å². The van der Waals surface area contributed by atoms with Gasteiger partial charge in [-0.3, -0.25) is 10.1 Å². The van der Waals surface area contributed by atoms with Crippen molar-refractivity contribution in [2.75, 3.05) is 7.11 Å². The number of carbonyl (C=O) groups excluding carboxylic acids is 1. The van der Waals surface area contributed by atoms with E-state index in [0.717, 1.165) is 17.0 Å². The van der Waals surface area contributed by atoms with E-state index in [-0.39, 0.29) is 6.10 Å². The summed E-state index contributed by atoms with van der Waals surface area (Å²) in [7, 11) is 1.62. The molecule has 1 unspecified atom stereocenters. The van der Waals surface area contributed by atoms with E-state index in [2.05, 4.69) is 15.2 Å². The number of hydrogen-bond donors (Lipinski definition) is 1. The third kappa shape index (κ3) is 3.91. The number of nitrogens with zero attached hydrogens (tertiary/aromatic N) is 2. The molecule has 0 aliphatic heterocycles. The summed E-state index contributed by atoms with van der Waals surface area (Å²) in [6, 6.07) is 14.8. The van der Waals surface area contributed by atoms with Crippen LogP contribution < -0.4 is 4.74 Å². The second-order valence-corrected chi connectivity index (χ2v) is 5.91. The van der Waals surface area contributed by atoms with Crippen LogP contribution in [0.2, 0.25) is 0 Å². The maximum Gasteiger partial charge on any atom is 0.356 e. The van der Waals surface area contributed by atoms with Crippen LogP contribution in [0.4, 0.5) is 0 Å². The number of rotatable bonds is 6. The fourth-order valence-electron chi connectivity index (χ4n) is 2.64. The van der Waals surface area contributed by atoms with Crippen molar-refractivity contribution in [2.24, 2.45) is 0 Å². The Morgan fingerprint density at radius 1 is 1.15 bits per heavy atom. The van der Waals surface area contributed by atoms with Gasteiger partial charge in [0.05, 0.1) is 12.8 Å². The Morgan fingerprint density at radius 3 is 2.58 bits per heavy atom. The van der Waals surface area contributed by atoms with Gasteiger partial charge in [0.2, 0.25) is 0 Å². The lowest BCUT2D eigenvalue weighted by molar-refractivity contribution is 0.0281. The largest absolute Gasteiger partial charge is 0.497 e. The molecule has 0 saturated heterocycles. The number of benzene rings is 1. The Labute approximate surface area is 152 Å². The van der Waals surface area contributed by atoms with Crippen LogP contribution in [0.1, 0.15) is 41.2 Å². The van der Waals surface area contributed by atoms with Gasteiger partial charge in [-0.05, 0) is 43.2 Å². The van der Waals surface area contributed by atoms with Crippen LogP contribution in [-0.2, 0) is 4.74 Å². The summed E-state index contributed by atoms with van der Waals surface area (Å²) in [5.74, 6) is 0.317. The minimum absolute atomic E-state index is 0.301. The van der Waals surface area contributed by atoms with Crippen molar-refractivity contribution in [3.8, 4) is 17.1 Å². The van der Waals surface area contributed by atoms with Crippen molar-refractivity contribution in [3.05, 3.63) is 65.5 Å². The molecule has 2 heterocycles. The minimum atomic E-state index is -0.445. The molecule has 0 radical (unpaired) electrons. The first kappa shape index (κ1) is 17.7. The molecule has 26 heavy (non-hydrogen) atoms. The molecule has 0 fully saturated rings. The average Bonchev–Trinajstić information content (AvgIpc) is 3.16. The zero-order valence-electron chi connectivity index (χ0n) is 15.0. The fraction of sp³-hybridized carbons (Fsp3) is 0.250. The quantitative estimate of drug-likeness (QED) is 0.677. The molecule has 0 saturated carbocycles. The standard InChI is InChI=1S/C20H21N3O3/c1-4-19(14-8-10-15(25-3)11-9-14)26-20(24)18-12-17(22-23-18)16-7-5-6-13(2)21-16/h5-12,19H,4H2,1-3H3,(H,22,23). The number of H-pyrrole nitrogens is 1. The summed E-state index contributed by atoms with van der Waals surface area (Å²) in [6.45, 7) is 3.88. The highest BCUT2D eigenvalue weighted by atomic mass is 16.5. The Balaban J connectivity index is 1.74. The van der Waals surface area contributed by atoms with Crippen molar-refractivity contribution in [1.29, 1.82) is 0 Å². The number of aromatic nitrogens is 3. The molecule has 0 aliphatic rings. The van der Waals surface area contributed by atoms with E-state index >= 15 is 0 Å². The molecule has 6 nitrogen and oxygen atoms in total. The molecule has 1 aromatic carbocycles. The highest BCUT2D eigenvalue weighted by Crippen LogP contribution is 2.25. The van der Waals surface area contributed by atoms with Crippen molar-refractivity contribution < 1.29 is 14.3 Å². The van der Waals surface area contributed by atoms with E-state index in [1.54, 1.807) is 13.2 Å². The third-order valence-electron chi connectivity index (χ3n) is 4.06. The molecule has 134 valence electrons. The van der Waals surface area contributed by atoms with Gasteiger partial charge in [0.1, 0.15) is 23.2 Å². The maximum absolute atomic E-state index is 12.5. The number of hydrogen-bond acceptors (Lipinski definition) is 5. The first-order chi connectivity index (χ1) is 12.6. The van der Waals surface area contributed by atoms with Crippen molar-refractivity contribution in [3.63, 3.8) is 0 Å². The molecular weight excluding hydrogens is 330 g/mol. The number of aromatic amines is 1. The predicted molar refractivity (Wildman–Crippen MR) is 98.0 cm³/mol. The number of aryl methyl sites for hydroxylation is 1. The first-order valence-electron chi connectivity index (χ1n) is 8.45. The zero-order valence-corrected chi connectivity index (χ0v) is 15.0. The molecule has 0 bridgehead atoms. The van der Waals surface area contributed by atoms with Gasteiger partial charge in [-0.1, -0.05) is 25.1 Å². The predicted octanol–water partition coefficient (Wildman–Crippen LogP) is 4.10. The van der Waals surface area contributed by atoms with Crippen LogP contribution in [0.25, 0.3) is 11.4 Å². The molecule has 1 atom stereocenters. The monoisotopic (exact) mass is 351 g/mol. The first-order valence-corrected chi connectivity index (χ1v) is 8.45. The van der Waals surface area contributed by atoms with E-state index in [1.807, 2.05) is 56.3 Å². The van der Waals surface area contributed by atoms with E-state index < -0.39 is 5.97 Å². The van der Waals surface area contributed by atoms with Gasteiger partial charge in [-0.25, -0.2) is 4.79 Å². The van der Waals surface area contributed by atoms with Crippen LogP contribution in [0, 0.1) is 6.92 Å². The van der Waals surface area contributed by atoms with Gasteiger partial charge in [0.15, 0.2) is 0 Å². The van der Waals surface area contributed by atoms with Gasteiger partial charge in [0, 0.05) is 11.8 Å². The molecule has 0 aliphatic carbocycles. The maximum atomic E-state index is 12.5. The molecule has 0 spiro atoms. The van der Waals surface area contributed by atoms with E-state index in [1.165, 1.54) is 0 Å². The normalized spacial score (nSPS) is 11.8. The Kier molecular flexibility index (Phi) is 5.31. The van der Waals surface area contributed by atoms with E-state index in [4.69, 9.17) is 9.47 Å². The number of esters is 1. The lowest BCUT2D eigenvalue weighted by Gasteiger charge is -2.16. The van der Waals surface area contributed by atoms with Gasteiger partial charge in [0.25, 0.3) is 0 Å². The molecule has 0 amide bonds. The SMILES string of the molecule is CCC(OC(=O)c1cc(-c2cccc(C)n2)n[nH]1)c1ccc(OC)cc1. The number of pyridine rings is 1. The Bertz CT molecular complexity index is 887. The summed E-state index contributed by atoms with van der Waals surface area (Å²) >= 11 is 0. The van der Waals surface area contributed by atoms with Crippen molar-refractivity contribution in [2.45, 2.75) is 26.4 Å². The van der Waals surface area contributed by atoms with Gasteiger partial charge < -0.3 is 9.47 Å². The molecule has 3 rings (SSSR count). The second kappa shape index (κ2) is 7.82. The summed E-state index contributed by atoms with van der Waals surface area (Å²) in [6.07, 6.45) is 0.329.